The van der Waals surface area contributed by atoms with Crippen molar-refractivity contribution in [2.45, 2.75) is 31.9 Å². The van der Waals surface area contributed by atoms with E-state index in [9.17, 15) is 9.18 Å². The quantitative estimate of drug-likeness (QED) is 0.848. The van der Waals surface area contributed by atoms with E-state index in [1.807, 2.05) is 6.92 Å². The maximum atomic E-state index is 15.0. The number of nitrogens with zero attached hydrogens (tertiary/aromatic N) is 4. The van der Waals surface area contributed by atoms with Gasteiger partial charge in [-0.25, -0.2) is 14.4 Å². The Morgan fingerprint density at radius 2 is 2.17 bits per heavy atom. The Hall–Kier alpha value is -3.07. The summed E-state index contributed by atoms with van der Waals surface area (Å²) in [4.78, 5) is 27.1. The highest BCUT2D eigenvalue weighted by atomic mass is 19.1. The third-order valence-electron chi connectivity index (χ3n) is 5.38. The first-order valence-electron chi connectivity index (χ1n) is 9.31. The van der Waals surface area contributed by atoms with Crippen molar-refractivity contribution in [3.8, 4) is 11.6 Å². The van der Waals surface area contributed by atoms with Gasteiger partial charge in [0.2, 0.25) is 11.8 Å². The molecule has 0 aliphatic carbocycles. The van der Waals surface area contributed by atoms with Gasteiger partial charge in [-0.3, -0.25) is 14.7 Å². The van der Waals surface area contributed by atoms with Gasteiger partial charge < -0.3 is 15.2 Å². The molecule has 2 aliphatic rings. The van der Waals surface area contributed by atoms with Gasteiger partial charge in [-0.05, 0) is 38.5 Å². The highest BCUT2D eigenvalue weighted by molar-refractivity contribution is 6.00. The molecule has 0 saturated carbocycles. The number of hydrogen-bond acceptors (Lipinski definition) is 7. The minimum atomic E-state index is -1.25. The molecule has 4 rings (SSSR count). The SMILES string of the molecule is Cc1cncc(Oc2ccc(F)c([C@]34CO[C@@H](C)C[C@H]3C(=O)N(C)C(N)=N4)c2)n1. The van der Waals surface area contributed by atoms with Gasteiger partial charge in [-0.2, -0.15) is 0 Å². The van der Waals surface area contributed by atoms with Gasteiger partial charge in [0.05, 0.1) is 30.5 Å². The van der Waals surface area contributed by atoms with Crippen LogP contribution in [0.15, 0.2) is 35.6 Å². The molecule has 0 bridgehead atoms. The summed E-state index contributed by atoms with van der Waals surface area (Å²) in [6, 6.07) is 4.30. The molecule has 0 unspecified atom stereocenters. The summed E-state index contributed by atoms with van der Waals surface area (Å²) in [7, 11) is 1.57. The van der Waals surface area contributed by atoms with Crippen molar-refractivity contribution in [3.63, 3.8) is 0 Å². The van der Waals surface area contributed by atoms with E-state index in [1.54, 1.807) is 20.2 Å². The molecule has 152 valence electrons. The number of amides is 1. The molecule has 2 N–H and O–H groups in total. The molecule has 8 nitrogen and oxygen atoms in total. The number of carbonyl (C=O) groups is 1. The zero-order valence-electron chi connectivity index (χ0n) is 16.4. The van der Waals surface area contributed by atoms with Crippen LogP contribution in [-0.4, -0.2) is 46.5 Å². The summed E-state index contributed by atoms with van der Waals surface area (Å²) in [6.07, 6.45) is 3.34. The van der Waals surface area contributed by atoms with Gasteiger partial charge in [0.25, 0.3) is 0 Å². The van der Waals surface area contributed by atoms with E-state index in [2.05, 4.69) is 15.0 Å². The minimum Gasteiger partial charge on any atom is -0.437 e. The highest BCUT2D eigenvalue weighted by Crippen LogP contribution is 2.46. The van der Waals surface area contributed by atoms with Crippen molar-refractivity contribution < 1.29 is 18.7 Å². The zero-order valence-corrected chi connectivity index (χ0v) is 16.4. The van der Waals surface area contributed by atoms with Crippen LogP contribution in [0.3, 0.4) is 0 Å². The molecule has 9 heteroatoms. The Bertz CT molecular complexity index is 998. The smallest absolute Gasteiger partial charge is 0.238 e. The highest BCUT2D eigenvalue weighted by Gasteiger charge is 2.54. The van der Waals surface area contributed by atoms with E-state index in [1.165, 1.54) is 29.3 Å². The molecule has 3 atom stereocenters. The lowest BCUT2D eigenvalue weighted by Crippen LogP contribution is -2.59. The van der Waals surface area contributed by atoms with Crippen molar-refractivity contribution in [3.05, 3.63) is 47.7 Å². The number of aliphatic imine (C=N–C) groups is 1. The molecule has 0 radical (unpaired) electrons. The van der Waals surface area contributed by atoms with E-state index in [4.69, 9.17) is 15.2 Å². The molecular weight excluding hydrogens is 377 g/mol. The number of rotatable bonds is 3. The largest absolute Gasteiger partial charge is 0.437 e. The predicted molar refractivity (Wildman–Crippen MR) is 103 cm³/mol. The van der Waals surface area contributed by atoms with Gasteiger partial charge in [0.15, 0.2) is 5.96 Å². The molecule has 2 aromatic rings. The van der Waals surface area contributed by atoms with E-state index in [-0.39, 0.29) is 36.0 Å². The second-order valence-corrected chi connectivity index (χ2v) is 7.44. The Kier molecular flexibility index (Phi) is 4.70. The Balaban J connectivity index is 1.80. The van der Waals surface area contributed by atoms with Gasteiger partial charge >= 0.3 is 0 Å². The van der Waals surface area contributed by atoms with Crippen LogP contribution in [0, 0.1) is 18.7 Å². The molecule has 1 amide bonds. The Labute approximate surface area is 167 Å². The number of halogens is 1. The number of guanidine groups is 1. The lowest BCUT2D eigenvalue weighted by molar-refractivity contribution is -0.144. The number of hydrogen-bond donors (Lipinski definition) is 1. The lowest BCUT2D eigenvalue weighted by atomic mass is 9.72. The van der Waals surface area contributed by atoms with E-state index >= 15 is 0 Å². The summed E-state index contributed by atoms with van der Waals surface area (Å²) in [5.74, 6) is -0.639. The van der Waals surface area contributed by atoms with Crippen LogP contribution in [0.4, 0.5) is 4.39 Å². The van der Waals surface area contributed by atoms with Crippen molar-refractivity contribution in [2.75, 3.05) is 13.7 Å². The minimum absolute atomic E-state index is 0.0275. The molecule has 1 saturated heterocycles. The van der Waals surface area contributed by atoms with Gasteiger partial charge in [0, 0.05) is 18.8 Å². The van der Waals surface area contributed by atoms with E-state index < -0.39 is 17.3 Å². The van der Waals surface area contributed by atoms with Crippen LogP contribution < -0.4 is 10.5 Å². The first-order valence-corrected chi connectivity index (χ1v) is 9.31. The normalized spacial score (nSPS) is 26.7. The third-order valence-corrected chi connectivity index (χ3v) is 5.38. The molecule has 29 heavy (non-hydrogen) atoms. The fourth-order valence-electron chi connectivity index (χ4n) is 3.84. The van der Waals surface area contributed by atoms with Crippen LogP contribution in [0.5, 0.6) is 11.6 Å². The number of carbonyl (C=O) groups excluding carboxylic acids is 1. The number of aryl methyl sites for hydroxylation is 1. The topological polar surface area (TPSA) is 103 Å². The lowest BCUT2D eigenvalue weighted by Gasteiger charge is -2.46. The molecule has 3 heterocycles. The average Bonchev–Trinajstić information content (AvgIpc) is 2.69. The summed E-state index contributed by atoms with van der Waals surface area (Å²) in [6.45, 7) is 3.72. The summed E-state index contributed by atoms with van der Waals surface area (Å²) >= 11 is 0. The van der Waals surface area contributed by atoms with Crippen LogP contribution in [0.25, 0.3) is 0 Å². The summed E-state index contributed by atoms with van der Waals surface area (Å²) in [5, 5.41) is 0. The van der Waals surface area contributed by atoms with Crippen molar-refractivity contribution in [2.24, 2.45) is 16.6 Å². The van der Waals surface area contributed by atoms with Crippen molar-refractivity contribution in [1.29, 1.82) is 0 Å². The van der Waals surface area contributed by atoms with Crippen molar-refractivity contribution >= 4 is 11.9 Å². The number of nitrogens with two attached hydrogens (primary N) is 1. The number of benzene rings is 1. The summed E-state index contributed by atoms with van der Waals surface area (Å²) in [5.41, 5.74) is 5.64. The number of aromatic nitrogens is 2. The van der Waals surface area contributed by atoms with Gasteiger partial charge in [0.1, 0.15) is 17.1 Å². The number of ether oxygens (including phenoxy) is 2. The molecular formula is C20H22FN5O3. The fraction of sp³-hybridized carbons (Fsp3) is 0.400. The molecule has 1 aromatic heterocycles. The van der Waals surface area contributed by atoms with Crippen LogP contribution in [-0.2, 0) is 15.1 Å². The molecule has 0 spiro atoms. The second-order valence-electron chi connectivity index (χ2n) is 7.44. The number of fused-ring (bicyclic) bond motifs is 1. The second kappa shape index (κ2) is 7.07. The average molecular weight is 399 g/mol. The first-order chi connectivity index (χ1) is 13.8. The van der Waals surface area contributed by atoms with E-state index in [0.717, 1.165) is 0 Å². The van der Waals surface area contributed by atoms with Gasteiger partial charge in [-0.15, -0.1) is 0 Å². The van der Waals surface area contributed by atoms with Crippen LogP contribution in [0.1, 0.15) is 24.6 Å². The maximum Gasteiger partial charge on any atom is 0.238 e. The monoisotopic (exact) mass is 399 g/mol. The van der Waals surface area contributed by atoms with Crippen LogP contribution in [0.2, 0.25) is 0 Å². The van der Waals surface area contributed by atoms with Crippen molar-refractivity contribution in [1.82, 2.24) is 14.9 Å². The maximum absolute atomic E-state index is 15.0. The standard InChI is InChI=1S/C20H22FN5O3/c1-11-8-23-9-17(24-11)29-13-4-5-16(21)14(7-13)20-10-28-12(2)6-15(20)18(27)26(3)19(22)25-20/h4-5,7-9,12,15H,6,10H2,1-3H3,(H2,22,25)/t12-,15-,20+/m0/s1. The molecule has 1 aromatic carbocycles. The first kappa shape index (κ1) is 19.3. The van der Waals surface area contributed by atoms with Gasteiger partial charge in [-0.1, -0.05) is 0 Å². The molecule has 1 fully saturated rings. The fourth-order valence-corrected chi connectivity index (χ4v) is 3.84. The summed E-state index contributed by atoms with van der Waals surface area (Å²) < 4.78 is 26.6. The van der Waals surface area contributed by atoms with Crippen LogP contribution >= 0.6 is 0 Å². The zero-order chi connectivity index (χ0) is 20.8. The van der Waals surface area contributed by atoms with E-state index in [0.29, 0.717) is 17.9 Å². The Morgan fingerprint density at radius 1 is 1.38 bits per heavy atom. The molecule has 2 aliphatic heterocycles. The predicted octanol–water partition coefficient (Wildman–Crippen LogP) is 2.12. The third kappa shape index (κ3) is 3.31. The Morgan fingerprint density at radius 3 is 2.93 bits per heavy atom.